The van der Waals surface area contributed by atoms with Gasteiger partial charge in [0.25, 0.3) is 0 Å². The van der Waals surface area contributed by atoms with Crippen molar-refractivity contribution in [1.82, 2.24) is 15.1 Å². The molecule has 0 radical (unpaired) electrons. The Hall–Kier alpha value is -0.680. The van der Waals surface area contributed by atoms with Crippen LogP contribution in [0.1, 0.15) is 24.6 Å². The van der Waals surface area contributed by atoms with Gasteiger partial charge in [0.15, 0.2) is 0 Å². The van der Waals surface area contributed by atoms with Gasteiger partial charge in [-0.15, -0.1) is 0 Å². The summed E-state index contributed by atoms with van der Waals surface area (Å²) in [6.07, 6.45) is 4.59. The van der Waals surface area contributed by atoms with Crippen LogP contribution in [0, 0.1) is 6.92 Å². The molecule has 16 heavy (non-hydrogen) atoms. The molecule has 92 valence electrons. The van der Waals surface area contributed by atoms with Crippen LogP contribution in [-0.4, -0.2) is 32.0 Å². The highest BCUT2D eigenvalue weighted by Crippen LogP contribution is 2.05. The Morgan fingerprint density at radius 2 is 2.31 bits per heavy atom. The minimum absolute atomic E-state index is 0.392. The third kappa shape index (κ3) is 4.06. The zero-order valence-corrected chi connectivity index (χ0v) is 11.3. The molecule has 0 aromatic carbocycles. The van der Waals surface area contributed by atoms with E-state index in [0.29, 0.717) is 6.04 Å². The first-order valence-corrected chi connectivity index (χ1v) is 7.24. The molecule has 0 saturated heterocycles. The maximum absolute atomic E-state index is 10.9. The van der Waals surface area contributed by atoms with Crippen LogP contribution in [-0.2, 0) is 24.4 Å². The van der Waals surface area contributed by atoms with Crippen molar-refractivity contribution < 1.29 is 4.21 Å². The Bertz CT molecular complexity index is 362. The zero-order chi connectivity index (χ0) is 12.1. The van der Waals surface area contributed by atoms with Crippen LogP contribution >= 0.6 is 0 Å². The first kappa shape index (κ1) is 13.4. The van der Waals surface area contributed by atoms with E-state index in [-0.39, 0.29) is 0 Å². The van der Waals surface area contributed by atoms with E-state index in [2.05, 4.69) is 24.3 Å². The van der Waals surface area contributed by atoms with E-state index in [1.54, 1.807) is 6.26 Å². The fraction of sp³-hybridized carbons (Fsp3) is 0.727. The van der Waals surface area contributed by atoms with Crippen molar-refractivity contribution in [2.45, 2.75) is 32.9 Å². The van der Waals surface area contributed by atoms with Gasteiger partial charge in [0.1, 0.15) is 0 Å². The molecule has 1 N–H and O–H groups in total. The summed E-state index contributed by atoms with van der Waals surface area (Å²) in [6, 6.07) is 0.392. The fourth-order valence-electron chi connectivity index (χ4n) is 1.45. The second-order valence-electron chi connectivity index (χ2n) is 4.23. The second kappa shape index (κ2) is 6.15. The van der Waals surface area contributed by atoms with Crippen molar-refractivity contribution in [2.24, 2.45) is 7.05 Å². The van der Waals surface area contributed by atoms with Gasteiger partial charge in [-0.25, -0.2) is 0 Å². The van der Waals surface area contributed by atoms with E-state index in [9.17, 15) is 4.21 Å². The molecule has 1 heterocycles. The van der Waals surface area contributed by atoms with Gasteiger partial charge in [0.2, 0.25) is 0 Å². The number of aryl methyl sites for hydroxylation is 1. The van der Waals surface area contributed by atoms with Crippen LogP contribution in [0.4, 0.5) is 0 Å². The molecule has 0 aliphatic heterocycles. The third-order valence-electron chi connectivity index (χ3n) is 2.82. The van der Waals surface area contributed by atoms with Crippen LogP contribution < -0.4 is 5.32 Å². The van der Waals surface area contributed by atoms with Crippen LogP contribution in [0.2, 0.25) is 0 Å². The Morgan fingerprint density at radius 1 is 1.62 bits per heavy atom. The van der Waals surface area contributed by atoms with Gasteiger partial charge in [-0.05, 0) is 20.3 Å². The van der Waals surface area contributed by atoms with Crippen molar-refractivity contribution in [3.63, 3.8) is 0 Å². The molecule has 0 bridgehead atoms. The lowest BCUT2D eigenvalue weighted by molar-refractivity contribution is 0.533. The Labute approximate surface area is 99.9 Å². The molecule has 4 nitrogen and oxygen atoms in total. The van der Waals surface area contributed by atoms with Crippen molar-refractivity contribution in [2.75, 3.05) is 12.0 Å². The molecular weight excluding hydrogens is 222 g/mol. The third-order valence-corrected chi connectivity index (χ3v) is 3.63. The standard InChI is InChI=1S/C11H21N3OS/c1-9(5-6-16(4)15)12-7-11-8-13-14(3)10(11)2/h8-9,12H,5-7H2,1-4H3. The number of nitrogens with zero attached hydrogens (tertiary/aromatic N) is 2. The fourth-order valence-corrected chi connectivity index (χ4v) is 2.13. The zero-order valence-electron chi connectivity index (χ0n) is 10.5. The Morgan fingerprint density at radius 3 is 2.81 bits per heavy atom. The molecule has 5 heteroatoms. The average molecular weight is 243 g/mol. The lowest BCUT2D eigenvalue weighted by atomic mass is 10.2. The van der Waals surface area contributed by atoms with E-state index in [1.807, 2.05) is 17.9 Å². The highest BCUT2D eigenvalue weighted by molar-refractivity contribution is 7.84. The molecule has 0 aliphatic rings. The quantitative estimate of drug-likeness (QED) is 0.810. The molecule has 0 fully saturated rings. The predicted molar refractivity (Wildman–Crippen MR) is 67.8 cm³/mol. The molecule has 2 atom stereocenters. The first-order chi connectivity index (χ1) is 7.50. The normalized spacial score (nSPS) is 15.0. The molecule has 0 aliphatic carbocycles. The second-order valence-corrected chi connectivity index (χ2v) is 5.78. The lowest BCUT2D eigenvalue weighted by Crippen LogP contribution is -2.27. The molecule has 1 aromatic rings. The molecule has 2 unspecified atom stereocenters. The minimum atomic E-state index is -0.691. The summed E-state index contributed by atoms with van der Waals surface area (Å²) in [4.78, 5) is 0. The van der Waals surface area contributed by atoms with Crippen molar-refractivity contribution in [1.29, 1.82) is 0 Å². The maximum Gasteiger partial charge on any atom is 0.0537 e. The number of nitrogens with one attached hydrogen (secondary N) is 1. The van der Waals surface area contributed by atoms with Gasteiger partial charge in [-0.3, -0.25) is 8.89 Å². The number of rotatable bonds is 6. The number of hydrogen-bond donors (Lipinski definition) is 1. The highest BCUT2D eigenvalue weighted by atomic mass is 32.2. The van der Waals surface area contributed by atoms with E-state index in [1.165, 1.54) is 11.3 Å². The number of aromatic nitrogens is 2. The Kier molecular flexibility index (Phi) is 5.15. The van der Waals surface area contributed by atoms with Crippen molar-refractivity contribution in [3.05, 3.63) is 17.5 Å². The summed E-state index contributed by atoms with van der Waals surface area (Å²) in [6.45, 7) is 5.02. The molecular formula is C11H21N3OS. The van der Waals surface area contributed by atoms with Gasteiger partial charge in [0.05, 0.1) is 6.20 Å². The van der Waals surface area contributed by atoms with E-state index < -0.39 is 10.8 Å². The van der Waals surface area contributed by atoms with Crippen LogP contribution in [0.5, 0.6) is 0 Å². The molecule has 0 saturated carbocycles. The summed E-state index contributed by atoms with van der Waals surface area (Å²) < 4.78 is 12.8. The number of hydrogen-bond acceptors (Lipinski definition) is 3. The minimum Gasteiger partial charge on any atom is -0.310 e. The van der Waals surface area contributed by atoms with Crippen molar-refractivity contribution in [3.8, 4) is 0 Å². The molecule has 1 rings (SSSR count). The van der Waals surface area contributed by atoms with Crippen LogP contribution in [0.25, 0.3) is 0 Å². The molecule has 1 aromatic heterocycles. The summed E-state index contributed by atoms with van der Waals surface area (Å²) >= 11 is 0. The largest absolute Gasteiger partial charge is 0.310 e. The molecule has 0 spiro atoms. The van der Waals surface area contributed by atoms with E-state index in [4.69, 9.17) is 0 Å². The van der Waals surface area contributed by atoms with Gasteiger partial charge in [-0.2, -0.15) is 5.10 Å². The summed E-state index contributed by atoms with van der Waals surface area (Å²) in [5.41, 5.74) is 2.42. The SMILES string of the molecule is Cc1c(CNC(C)CCS(C)=O)cnn1C. The predicted octanol–water partition coefficient (Wildman–Crippen LogP) is 0.975. The van der Waals surface area contributed by atoms with Gasteiger partial charge in [-0.1, -0.05) is 0 Å². The van der Waals surface area contributed by atoms with E-state index in [0.717, 1.165) is 18.7 Å². The summed E-state index contributed by atoms with van der Waals surface area (Å²) in [7, 11) is 1.26. The summed E-state index contributed by atoms with van der Waals surface area (Å²) in [5.74, 6) is 0.764. The lowest BCUT2D eigenvalue weighted by Gasteiger charge is -2.12. The first-order valence-electron chi connectivity index (χ1n) is 5.51. The van der Waals surface area contributed by atoms with Gasteiger partial charge < -0.3 is 5.32 Å². The molecule has 0 amide bonds. The van der Waals surface area contributed by atoms with Crippen LogP contribution in [0.3, 0.4) is 0 Å². The summed E-state index contributed by atoms with van der Waals surface area (Å²) in [5, 5.41) is 7.62. The topological polar surface area (TPSA) is 46.9 Å². The maximum atomic E-state index is 10.9. The average Bonchev–Trinajstić information content (AvgIpc) is 2.54. The highest BCUT2D eigenvalue weighted by Gasteiger charge is 2.06. The van der Waals surface area contributed by atoms with E-state index >= 15 is 0 Å². The van der Waals surface area contributed by atoms with Crippen LogP contribution in [0.15, 0.2) is 6.20 Å². The van der Waals surface area contributed by atoms with Gasteiger partial charge >= 0.3 is 0 Å². The van der Waals surface area contributed by atoms with Crippen molar-refractivity contribution >= 4 is 10.8 Å². The monoisotopic (exact) mass is 243 g/mol. The Balaban J connectivity index is 2.34. The van der Waals surface area contributed by atoms with Gasteiger partial charge in [0, 0.05) is 53.7 Å². The smallest absolute Gasteiger partial charge is 0.0537 e.